The molecule has 0 aliphatic heterocycles. The number of fused-ring (bicyclic) bond motifs is 3. The zero-order chi connectivity index (χ0) is 18.3. The first-order valence-electron chi connectivity index (χ1n) is 8.54. The predicted octanol–water partition coefficient (Wildman–Crippen LogP) is 2.64. The number of amides is 1. The fourth-order valence-electron chi connectivity index (χ4n) is 3.24. The molecular weight excluding hydrogens is 352 g/mol. The van der Waals surface area contributed by atoms with Gasteiger partial charge in [0.15, 0.2) is 4.83 Å². The van der Waals surface area contributed by atoms with Gasteiger partial charge in [0.25, 0.3) is 5.56 Å². The first-order valence-corrected chi connectivity index (χ1v) is 9.36. The van der Waals surface area contributed by atoms with Crippen molar-refractivity contribution in [2.45, 2.75) is 38.6 Å². The van der Waals surface area contributed by atoms with Crippen molar-refractivity contribution >= 4 is 33.1 Å². The fraction of sp³-hybridized carbons (Fsp3) is 0.333. The lowest BCUT2D eigenvalue weighted by atomic mass is 9.97. The van der Waals surface area contributed by atoms with Gasteiger partial charge in [0.2, 0.25) is 5.91 Å². The highest BCUT2D eigenvalue weighted by atomic mass is 32.1. The second-order valence-corrected chi connectivity index (χ2v) is 7.53. The average Bonchev–Trinajstić information content (AvgIpc) is 3.02. The normalized spacial score (nSPS) is 14.8. The Balaban J connectivity index is 1.67. The summed E-state index contributed by atoms with van der Waals surface area (Å²) in [4.78, 5) is 27.3. The zero-order valence-corrected chi connectivity index (χ0v) is 15.0. The Morgan fingerprint density at radius 1 is 1.27 bits per heavy atom. The number of phenols is 1. The molecule has 2 N–H and O–H groups in total. The number of carbonyl (C=O) groups excluding carboxylic acids is 1. The third kappa shape index (κ3) is 2.86. The summed E-state index contributed by atoms with van der Waals surface area (Å²) in [5.41, 5.74) is 1.36. The molecule has 0 radical (unpaired) electrons. The SMILES string of the molecule is CC(C(=O)Nc1ccc(O)cc1)n1nnc2sc3c(c2c1=O)CCCC3. The monoisotopic (exact) mass is 370 g/mol. The van der Waals surface area contributed by atoms with Gasteiger partial charge in [0, 0.05) is 10.6 Å². The van der Waals surface area contributed by atoms with Crippen LogP contribution in [0.2, 0.25) is 0 Å². The van der Waals surface area contributed by atoms with E-state index in [2.05, 4.69) is 15.6 Å². The quantitative estimate of drug-likeness (QED) is 0.691. The minimum Gasteiger partial charge on any atom is -0.508 e. The molecule has 4 rings (SSSR count). The molecule has 1 amide bonds. The van der Waals surface area contributed by atoms with Gasteiger partial charge in [-0.25, -0.2) is 0 Å². The van der Waals surface area contributed by atoms with E-state index in [0.29, 0.717) is 15.9 Å². The molecule has 7 nitrogen and oxygen atoms in total. The highest BCUT2D eigenvalue weighted by molar-refractivity contribution is 7.18. The first-order chi connectivity index (χ1) is 12.5. The van der Waals surface area contributed by atoms with Gasteiger partial charge in [0.05, 0.1) is 5.39 Å². The highest BCUT2D eigenvalue weighted by Crippen LogP contribution is 2.33. The number of nitrogens with one attached hydrogen (secondary N) is 1. The van der Waals surface area contributed by atoms with E-state index in [9.17, 15) is 14.7 Å². The van der Waals surface area contributed by atoms with Crippen LogP contribution in [0.5, 0.6) is 5.75 Å². The number of hydrogen-bond donors (Lipinski definition) is 2. The topological polar surface area (TPSA) is 97.1 Å². The van der Waals surface area contributed by atoms with Crippen molar-refractivity contribution in [3.63, 3.8) is 0 Å². The Labute approximate surface area is 153 Å². The lowest BCUT2D eigenvalue weighted by Gasteiger charge is -2.14. The van der Waals surface area contributed by atoms with Crippen LogP contribution < -0.4 is 10.9 Å². The average molecular weight is 370 g/mol. The Hall–Kier alpha value is -2.74. The Kier molecular flexibility index (Phi) is 4.20. The number of phenolic OH excluding ortho intramolecular Hbond substituents is 1. The van der Waals surface area contributed by atoms with Crippen LogP contribution in [0.25, 0.3) is 10.2 Å². The van der Waals surface area contributed by atoms with E-state index in [0.717, 1.165) is 35.9 Å². The van der Waals surface area contributed by atoms with Crippen LogP contribution in [-0.2, 0) is 17.6 Å². The number of carbonyl (C=O) groups is 1. The number of aromatic nitrogens is 3. The van der Waals surface area contributed by atoms with E-state index in [1.54, 1.807) is 19.1 Å². The fourth-order valence-corrected chi connectivity index (χ4v) is 4.44. The molecule has 8 heteroatoms. The smallest absolute Gasteiger partial charge is 0.279 e. The van der Waals surface area contributed by atoms with E-state index in [1.807, 2.05) is 0 Å². The summed E-state index contributed by atoms with van der Waals surface area (Å²) < 4.78 is 1.15. The Morgan fingerprint density at radius 3 is 2.77 bits per heavy atom. The molecule has 26 heavy (non-hydrogen) atoms. The number of aryl methyl sites for hydroxylation is 2. The van der Waals surface area contributed by atoms with Crippen molar-refractivity contribution in [1.82, 2.24) is 15.0 Å². The van der Waals surface area contributed by atoms with E-state index < -0.39 is 6.04 Å². The molecule has 1 aliphatic rings. The molecule has 0 bridgehead atoms. The van der Waals surface area contributed by atoms with Crippen LogP contribution in [0.1, 0.15) is 36.2 Å². The zero-order valence-electron chi connectivity index (χ0n) is 14.2. The summed E-state index contributed by atoms with van der Waals surface area (Å²) in [5, 5.41) is 20.8. The van der Waals surface area contributed by atoms with Crippen molar-refractivity contribution in [3.05, 3.63) is 45.1 Å². The Morgan fingerprint density at radius 2 is 2.00 bits per heavy atom. The number of nitrogens with zero attached hydrogens (tertiary/aromatic N) is 3. The van der Waals surface area contributed by atoms with Gasteiger partial charge in [-0.3, -0.25) is 9.59 Å². The van der Waals surface area contributed by atoms with E-state index in [-0.39, 0.29) is 17.2 Å². The largest absolute Gasteiger partial charge is 0.508 e. The third-order valence-corrected chi connectivity index (χ3v) is 5.86. The molecule has 0 spiro atoms. The second kappa shape index (κ2) is 6.53. The third-order valence-electron chi connectivity index (χ3n) is 4.69. The molecule has 134 valence electrons. The second-order valence-electron chi connectivity index (χ2n) is 6.44. The maximum atomic E-state index is 13.0. The molecule has 0 fully saturated rings. The molecule has 0 saturated heterocycles. The minimum atomic E-state index is -0.799. The molecule has 2 aromatic heterocycles. The predicted molar refractivity (Wildman–Crippen MR) is 99.8 cm³/mol. The van der Waals surface area contributed by atoms with Gasteiger partial charge < -0.3 is 10.4 Å². The molecule has 1 aromatic carbocycles. The van der Waals surface area contributed by atoms with E-state index >= 15 is 0 Å². The van der Waals surface area contributed by atoms with Crippen LogP contribution in [0.3, 0.4) is 0 Å². The van der Waals surface area contributed by atoms with Crippen LogP contribution in [0, 0.1) is 0 Å². The van der Waals surface area contributed by atoms with Gasteiger partial charge >= 0.3 is 0 Å². The van der Waals surface area contributed by atoms with Crippen LogP contribution in [-0.4, -0.2) is 26.0 Å². The maximum Gasteiger partial charge on any atom is 0.279 e. The summed E-state index contributed by atoms with van der Waals surface area (Å²) in [6.07, 6.45) is 4.06. The lowest BCUT2D eigenvalue weighted by Crippen LogP contribution is -2.34. The highest BCUT2D eigenvalue weighted by Gasteiger charge is 2.24. The van der Waals surface area contributed by atoms with Crippen LogP contribution >= 0.6 is 11.3 Å². The van der Waals surface area contributed by atoms with Crippen molar-refractivity contribution in [3.8, 4) is 5.75 Å². The number of anilines is 1. The molecule has 1 unspecified atom stereocenters. The van der Waals surface area contributed by atoms with Crippen molar-refractivity contribution in [1.29, 1.82) is 0 Å². The van der Waals surface area contributed by atoms with E-state index in [1.165, 1.54) is 28.3 Å². The van der Waals surface area contributed by atoms with Gasteiger partial charge in [-0.05, 0) is 62.4 Å². The van der Waals surface area contributed by atoms with Crippen LogP contribution in [0.15, 0.2) is 29.1 Å². The number of aromatic hydroxyl groups is 1. The van der Waals surface area contributed by atoms with Gasteiger partial charge in [0.1, 0.15) is 11.8 Å². The summed E-state index contributed by atoms with van der Waals surface area (Å²) >= 11 is 1.54. The summed E-state index contributed by atoms with van der Waals surface area (Å²) in [7, 11) is 0. The van der Waals surface area contributed by atoms with Crippen LogP contribution in [0.4, 0.5) is 5.69 Å². The number of rotatable bonds is 3. The van der Waals surface area contributed by atoms with E-state index in [4.69, 9.17) is 0 Å². The first kappa shape index (κ1) is 16.7. The van der Waals surface area contributed by atoms with Crippen molar-refractivity contribution < 1.29 is 9.90 Å². The summed E-state index contributed by atoms with van der Waals surface area (Å²) in [5.74, 6) is -0.249. The lowest BCUT2D eigenvalue weighted by molar-refractivity contribution is -0.119. The van der Waals surface area contributed by atoms with Gasteiger partial charge in [-0.1, -0.05) is 5.21 Å². The molecule has 3 aromatic rings. The number of benzene rings is 1. The molecule has 1 aliphatic carbocycles. The maximum absolute atomic E-state index is 13.0. The van der Waals surface area contributed by atoms with Gasteiger partial charge in [-0.15, -0.1) is 16.4 Å². The Bertz CT molecular complexity index is 1040. The van der Waals surface area contributed by atoms with Crippen molar-refractivity contribution in [2.24, 2.45) is 0 Å². The molecular formula is C18H18N4O3S. The number of hydrogen-bond acceptors (Lipinski definition) is 6. The molecule has 1 atom stereocenters. The summed E-state index contributed by atoms with van der Waals surface area (Å²) in [6, 6.07) is 5.35. The molecule has 2 heterocycles. The number of thiophene rings is 1. The van der Waals surface area contributed by atoms with Gasteiger partial charge in [-0.2, -0.15) is 4.68 Å². The minimum absolute atomic E-state index is 0.116. The standard InChI is InChI=1S/C18H18N4O3S/c1-10(16(24)19-11-6-8-12(23)9-7-11)22-18(25)15-13-4-2-3-5-14(13)26-17(15)20-21-22/h6-10,23H,2-5H2,1H3,(H,19,24). The summed E-state index contributed by atoms with van der Waals surface area (Å²) in [6.45, 7) is 1.62. The van der Waals surface area contributed by atoms with Crippen molar-refractivity contribution in [2.75, 3.05) is 5.32 Å². The molecule has 0 saturated carbocycles.